The zero-order valence-corrected chi connectivity index (χ0v) is 58.3. The summed E-state index contributed by atoms with van der Waals surface area (Å²) in [5.41, 5.74) is 0. The first-order valence-corrected chi connectivity index (χ1v) is 38.3. The highest BCUT2D eigenvalue weighted by atomic mass is 31.2. The van der Waals surface area contributed by atoms with Crippen molar-refractivity contribution in [1.82, 2.24) is 0 Å². The Hall–Kier alpha value is -1.94. The minimum absolute atomic E-state index is 0.103. The quantitative estimate of drug-likeness (QED) is 0.0222. The molecule has 5 atom stereocenters. The molecule has 17 nitrogen and oxygen atoms in total. The molecule has 0 aliphatic rings. The number of hydrogen-bond donors (Lipinski definition) is 3. The first-order chi connectivity index (χ1) is 41.7. The van der Waals surface area contributed by atoms with Crippen molar-refractivity contribution < 1.29 is 80.2 Å². The van der Waals surface area contributed by atoms with Gasteiger partial charge in [-0.15, -0.1) is 0 Å². The van der Waals surface area contributed by atoms with Gasteiger partial charge in [-0.05, 0) is 43.4 Å². The molecular weight excluding hydrogens is 1150 g/mol. The lowest BCUT2D eigenvalue weighted by molar-refractivity contribution is -0.161. The summed E-state index contributed by atoms with van der Waals surface area (Å²) in [7, 11) is -9.89. The molecule has 0 spiro atoms. The zero-order valence-electron chi connectivity index (χ0n) is 56.5. The van der Waals surface area contributed by atoms with Crippen LogP contribution in [0.3, 0.4) is 0 Å². The highest BCUT2D eigenvalue weighted by Gasteiger charge is 2.30. The summed E-state index contributed by atoms with van der Waals surface area (Å²) in [6.07, 6.45) is 41.9. The normalized spacial score (nSPS) is 14.3. The third-order valence-electron chi connectivity index (χ3n) is 15.6. The molecule has 0 heterocycles. The molecule has 0 aromatic carbocycles. The highest BCUT2D eigenvalue weighted by Crippen LogP contribution is 2.45. The van der Waals surface area contributed by atoms with E-state index in [2.05, 4.69) is 48.5 Å². The predicted molar refractivity (Wildman–Crippen MR) is 349 cm³/mol. The Morgan fingerprint density at radius 3 is 0.782 bits per heavy atom. The largest absolute Gasteiger partial charge is 0.472 e. The Kier molecular flexibility index (Phi) is 57.8. The Morgan fingerprint density at radius 1 is 0.310 bits per heavy atom. The molecular formula is C68H132O17P2. The fourth-order valence-corrected chi connectivity index (χ4v) is 11.8. The maximum absolute atomic E-state index is 13.0. The molecule has 0 aromatic heterocycles. The monoisotopic (exact) mass is 1280 g/mol. The molecule has 0 rings (SSSR count). The lowest BCUT2D eigenvalue weighted by Gasteiger charge is -2.21. The van der Waals surface area contributed by atoms with Gasteiger partial charge < -0.3 is 33.8 Å². The summed E-state index contributed by atoms with van der Waals surface area (Å²) in [5, 5.41) is 10.6. The molecule has 0 saturated heterocycles. The van der Waals surface area contributed by atoms with Crippen molar-refractivity contribution in [3.8, 4) is 0 Å². The van der Waals surface area contributed by atoms with E-state index in [1.807, 2.05) is 0 Å². The molecule has 87 heavy (non-hydrogen) atoms. The molecule has 0 aliphatic carbocycles. The van der Waals surface area contributed by atoms with E-state index in [-0.39, 0.29) is 25.7 Å². The number of carbonyl (C=O) groups is 4. The molecule has 0 saturated carbocycles. The van der Waals surface area contributed by atoms with E-state index in [1.165, 1.54) is 135 Å². The van der Waals surface area contributed by atoms with Gasteiger partial charge in [0.1, 0.15) is 19.3 Å². The molecule has 516 valence electrons. The van der Waals surface area contributed by atoms with Crippen molar-refractivity contribution in [2.45, 2.75) is 356 Å². The van der Waals surface area contributed by atoms with Crippen molar-refractivity contribution in [1.29, 1.82) is 0 Å². The first-order valence-electron chi connectivity index (χ1n) is 35.3. The number of carbonyl (C=O) groups excluding carboxylic acids is 4. The van der Waals surface area contributed by atoms with Gasteiger partial charge in [0, 0.05) is 25.7 Å². The standard InChI is InChI=1S/C68H132O17P2/c1-8-9-10-11-25-35-42-49-65(70)78-55-63(85-68(73)52-45-38-31-24-28-34-41-48-61(6)7)57-82-86(74,75)80-53-62(69)54-81-87(76,77)83-58-64(84-67(72)51-44-37-30-23-19-15-13-17-21-27-33-40-47-60(4)5)56-79-66(71)50-43-36-29-22-18-14-12-16-20-26-32-39-46-59(2)3/h59-64,69H,8-58H2,1-7H3,(H,74,75)(H,76,77)/t62-,63+,64+/m0/s1. The zero-order chi connectivity index (χ0) is 64.5. The van der Waals surface area contributed by atoms with Gasteiger partial charge in [-0.2, -0.15) is 0 Å². The number of phosphoric ester groups is 2. The van der Waals surface area contributed by atoms with E-state index in [0.717, 1.165) is 115 Å². The maximum atomic E-state index is 13.0. The van der Waals surface area contributed by atoms with Crippen molar-refractivity contribution in [2.24, 2.45) is 17.8 Å². The summed E-state index contributed by atoms with van der Waals surface area (Å²) in [6.45, 7) is 11.7. The third-order valence-corrected chi connectivity index (χ3v) is 17.5. The van der Waals surface area contributed by atoms with Crippen LogP contribution >= 0.6 is 15.6 Å². The molecule has 2 unspecified atom stereocenters. The summed E-state index contributed by atoms with van der Waals surface area (Å²) in [4.78, 5) is 72.3. The van der Waals surface area contributed by atoms with Crippen LogP contribution in [0.5, 0.6) is 0 Å². The van der Waals surface area contributed by atoms with Crippen LogP contribution in [-0.4, -0.2) is 96.7 Å². The fraction of sp³-hybridized carbons (Fsp3) is 0.941. The number of aliphatic hydroxyl groups is 1. The van der Waals surface area contributed by atoms with Crippen molar-refractivity contribution in [2.75, 3.05) is 39.6 Å². The smallest absolute Gasteiger partial charge is 0.462 e. The van der Waals surface area contributed by atoms with Crippen LogP contribution in [0.15, 0.2) is 0 Å². The number of aliphatic hydroxyl groups excluding tert-OH is 1. The second-order valence-electron chi connectivity index (χ2n) is 26.0. The van der Waals surface area contributed by atoms with E-state index in [9.17, 15) is 43.2 Å². The Bertz CT molecular complexity index is 1720. The average molecular weight is 1280 g/mol. The van der Waals surface area contributed by atoms with Crippen molar-refractivity contribution >= 4 is 39.5 Å². The minimum atomic E-state index is -4.95. The second-order valence-corrected chi connectivity index (χ2v) is 28.9. The second kappa shape index (κ2) is 59.1. The Morgan fingerprint density at radius 2 is 0.529 bits per heavy atom. The van der Waals surface area contributed by atoms with E-state index >= 15 is 0 Å². The molecule has 0 aromatic rings. The topological polar surface area (TPSA) is 237 Å². The van der Waals surface area contributed by atoms with E-state index in [4.69, 9.17) is 37.0 Å². The van der Waals surface area contributed by atoms with E-state index in [1.54, 1.807) is 0 Å². The van der Waals surface area contributed by atoms with Gasteiger partial charge in [0.25, 0.3) is 0 Å². The van der Waals surface area contributed by atoms with Crippen LogP contribution in [0.2, 0.25) is 0 Å². The fourth-order valence-electron chi connectivity index (χ4n) is 10.2. The van der Waals surface area contributed by atoms with Crippen molar-refractivity contribution in [3.05, 3.63) is 0 Å². The number of rotatable bonds is 66. The van der Waals surface area contributed by atoms with Crippen LogP contribution in [0.25, 0.3) is 0 Å². The summed E-state index contributed by atoms with van der Waals surface area (Å²) in [5.74, 6) is 0.119. The lowest BCUT2D eigenvalue weighted by atomic mass is 10.0. The van der Waals surface area contributed by atoms with Crippen LogP contribution in [0, 0.1) is 17.8 Å². The van der Waals surface area contributed by atoms with Gasteiger partial charge in [-0.1, -0.05) is 286 Å². The van der Waals surface area contributed by atoms with Gasteiger partial charge in [-0.3, -0.25) is 37.3 Å². The van der Waals surface area contributed by atoms with Gasteiger partial charge in [0.15, 0.2) is 12.2 Å². The van der Waals surface area contributed by atoms with Gasteiger partial charge in [0.05, 0.1) is 26.4 Å². The number of unbranched alkanes of at least 4 members (excludes halogenated alkanes) is 34. The minimum Gasteiger partial charge on any atom is -0.462 e. The van der Waals surface area contributed by atoms with Crippen LogP contribution in [-0.2, 0) is 65.4 Å². The molecule has 0 radical (unpaired) electrons. The number of ether oxygens (including phenoxy) is 4. The van der Waals surface area contributed by atoms with Crippen LogP contribution in [0.1, 0.15) is 337 Å². The molecule has 0 bridgehead atoms. The summed E-state index contributed by atoms with van der Waals surface area (Å²) >= 11 is 0. The summed E-state index contributed by atoms with van der Waals surface area (Å²) in [6, 6.07) is 0. The number of esters is 4. The lowest BCUT2D eigenvalue weighted by Crippen LogP contribution is -2.30. The number of phosphoric acid groups is 2. The van der Waals surface area contributed by atoms with E-state index < -0.39 is 97.5 Å². The highest BCUT2D eigenvalue weighted by molar-refractivity contribution is 7.47. The third kappa shape index (κ3) is 62.6. The Labute approximate surface area is 530 Å². The Balaban J connectivity index is 5.21. The average Bonchev–Trinajstić information content (AvgIpc) is 3.68. The molecule has 0 aliphatic heterocycles. The predicted octanol–water partition coefficient (Wildman–Crippen LogP) is 19.1. The van der Waals surface area contributed by atoms with Crippen molar-refractivity contribution in [3.63, 3.8) is 0 Å². The summed E-state index contributed by atoms with van der Waals surface area (Å²) < 4.78 is 68.1. The molecule has 0 fully saturated rings. The van der Waals surface area contributed by atoms with Gasteiger partial charge in [0.2, 0.25) is 0 Å². The molecule has 0 amide bonds. The van der Waals surface area contributed by atoms with Gasteiger partial charge in [-0.25, -0.2) is 9.13 Å². The molecule has 19 heteroatoms. The van der Waals surface area contributed by atoms with Gasteiger partial charge >= 0.3 is 39.5 Å². The maximum Gasteiger partial charge on any atom is 0.472 e. The van der Waals surface area contributed by atoms with Crippen LogP contribution in [0.4, 0.5) is 0 Å². The van der Waals surface area contributed by atoms with E-state index in [0.29, 0.717) is 31.6 Å². The SMILES string of the molecule is CCCCCCCCCC(=O)OC[C@H](COP(=O)(O)OC[C@H](O)COP(=O)(O)OC[C@@H](COC(=O)CCCCCCCCCCCCCCC(C)C)OC(=O)CCCCCCCCCCCCCCC(C)C)OC(=O)CCCCCCCCCC(C)C. The number of hydrogen-bond acceptors (Lipinski definition) is 15. The first kappa shape index (κ1) is 85.1. The van der Waals surface area contributed by atoms with Crippen LogP contribution < -0.4 is 0 Å². The molecule has 3 N–H and O–H groups in total.